The van der Waals surface area contributed by atoms with Crippen molar-refractivity contribution in [2.75, 3.05) is 0 Å². The van der Waals surface area contributed by atoms with Crippen molar-refractivity contribution >= 4 is 6.05 Å². The van der Waals surface area contributed by atoms with E-state index in [2.05, 4.69) is 0 Å². The normalized spacial score (nSPS) is 22.7. The fourth-order valence-corrected chi connectivity index (χ4v) is 0.870. The molecule has 0 unspecified atom stereocenters. The minimum atomic E-state index is -0.256. The molecular weight excluding hydrogens is 108 g/mol. The monoisotopic (exact) mass is 121 g/mol. The van der Waals surface area contributed by atoms with Gasteiger partial charge in [0.25, 0.3) is 0 Å². The maximum absolute atomic E-state index is 7.60. The van der Waals surface area contributed by atoms with Crippen LogP contribution in [0.15, 0.2) is 30.2 Å². The van der Waals surface area contributed by atoms with Crippen molar-refractivity contribution in [2.24, 2.45) is 0 Å². The Bertz CT molecular complexity index is 447. The standard InChI is InChI=1S/C9H8/c1-2-5-9-7-3-6-8(9)4-1/h1-6H,7H2/i1D,2D,4D,5D,6D. The zero-order valence-corrected chi connectivity index (χ0v) is 4.78. The lowest BCUT2D eigenvalue weighted by molar-refractivity contribution is 1.31. The number of rotatable bonds is 0. The molecule has 1 aliphatic rings. The highest BCUT2D eigenvalue weighted by atomic mass is 14.0. The van der Waals surface area contributed by atoms with E-state index in [-0.39, 0.29) is 30.2 Å². The lowest BCUT2D eigenvalue weighted by atomic mass is 10.1. The first-order valence-electron chi connectivity index (χ1n) is 5.30. The van der Waals surface area contributed by atoms with Gasteiger partial charge in [-0.3, -0.25) is 0 Å². The van der Waals surface area contributed by atoms with Gasteiger partial charge in [0.1, 0.15) is 0 Å². The van der Waals surface area contributed by atoms with E-state index in [1.54, 1.807) is 6.08 Å². The maximum atomic E-state index is 7.60. The van der Waals surface area contributed by atoms with Crippen LogP contribution in [0.25, 0.3) is 6.05 Å². The molecule has 0 bridgehead atoms. The SMILES string of the molecule is [2H]C1=CCc2c([2H])c([2H])c([2H])c([2H])c21. The van der Waals surface area contributed by atoms with E-state index in [1.165, 1.54) is 0 Å². The van der Waals surface area contributed by atoms with Crippen molar-refractivity contribution in [3.8, 4) is 0 Å². The van der Waals surface area contributed by atoms with Crippen molar-refractivity contribution in [1.82, 2.24) is 0 Å². The Morgan fingerprint density at radius 1 is 1.33 bits per heavy atom. The molecule has 0 amide bonds. The fraction of sp³-hybridized carbons (Fsp3) is 0.111. The average molecular weight is 121 g/mol. The molecule has 0 nitrogen and oxygen atoms in total. The summed E-state index contributed by atoms with van der Waals surface area (Å²) in [6.07, 6.45) is 2.05. The highest BCUT2D eigenvalue weighted by molar-refractivity contribution is 5.59. The van der Waals surface area contributed by atoms with Gasteiger partial charge in [0.2, 0.25) is 0 Å². The first-order valence-corrected chi connectivity index (χ1v) is 2.80. The summed E-state index contributed by atoms with van der Waals surface area (Å²) < 4.78 is 37.6. The number of fused-ring (bicyclic) bond motifs is 1. The molecule has 44 valence electrons. The number of allylic oxidation sites excluding steroid dienone is 1. The van der Waals surface area contributed by atoms with Crippen LogP contribution in [0.1, 0.15) is 18.0 Å². The van der Waals surface area contributed by atoms with Crippen LogP contribution in [0.2, 0.25) is 0 Å². The van der Waals surface area contributed by atoms with E-state index in [0.29, 0.717) is 17.5 Å². The van der Waals surface area contributed by atoms with Crippen LogP contribution in [0.3, 0.4) is 0 Å². The van der Waals surface area contributed by atoms with Gasteiger partial charge in [-0.1, -0.05) is 36.3 Å². The molecule has 0 aliphatic heterocycles. The fourth-order valence-electron chi connectivity index (χ4n) is 0.870. The van der Waals surface area contributed by atoms with E-state index in [1.807, 2.05) is 0 Å². The smallest absolute Gasteiger partial charge is 0.0629 e. The highest BCUT2D eigenvalue weighted by Gasteiger charge is 2.00. The zero-order valence-electron chi connectivity index (χ0n) is 9.78. The summed E-state index contributed by atoms with van der Waals surface area (Å²) in [4.78, 5) is 0. The summed E-state index contributed by atoms with van der Waals surface area (Å²) >= 11 is 0. The Hall–Kier alpha value is -1.04. The second-order valence-corrected chi connectivity index (χ2v) is 1.91. The second kappa shape index (κ2) is 1.73. The third-order valence-electron chi connectivity index (χ3n) is 1.32. The van der Waals surface area contributed by atoms with Gasteiger partial charge in [0.05, 0.1) is 6.85 Å². The molecule has 0 aromatic heterocycles. The van der Waals surface area contributed by atoms with Crippen LogP contribution >= 0.6 is 0 Å². The van der Waals surface area contributed by atoms with Crippen molar-refractivity contribution in [2.45, 2.75) is 6.42 Å². The van der Waals surface area contributed by atoms with Crippen molar-refractivity contribution < 1.29 is 6.85 Å². The quantitative estimate of drug-likeness (QED) is 0.494. The highest BCUT2D eigenvalue weighted by Crippen LogP contribution is 2.17. The summed E-state index contributed by atoms with van der Waals surface area (Å²) in [7, 11) is 0. The molecule has 1 aliphatic carbocycles. The van der Waals surface area contributed by atoms with Crippen LogP contribution in [-0.2, 0) is 6.42 Å². The van der Waals surface area contributed by atoms with E-state index in [4.69, 9.17) is 6.85 Å². The average Bonchev–Trinajstić information content (AvgIpc) is 2.54. The predicted molar refractivity (Wildman–Crippen MR) is 39.2 cm³/mol. The summed E-state index contributed by atoms with van der Waals surface area (Å²) in [6.45, 7) is 0. The van der Waals surface area contributed by atoms with Gasteiger partial charge < -0.3 is 0 Å². The van der Waals surface area contributed by atoms with Gasteiger partial charge in [0, 0.05) is 0 Å². The van der Waals surface area contributed by atoms with Crippen molar-refractivity contribution in [3.63, 3.8) is 0 Å². The Balaban J connectivity index is 2.83. The first-order chi connectivity index (χ1) is 6.54. The molecule has 0 fully saturated rings. The van der Waals surface area contributed by atoms with Crippen LogP contribution in [-0.4, -0.2) is 0 Å². The topological polar surface area (TPSA) is 0 Å². The predicted octanol–water partition coefficient (Wildman–Crippen LogP) is 2.26. The second-order valence-electron chi connectivity index (χ2n) is 1.91. The van der Waals surface area contributed by atoms with Gasteiger partial charge in [0.15, 0.2) is 0 Å². The third kappa shape index (κ3) is 0.672. The van der Waals surface area contributed by atoms with E-state index in [9.17, 15) is 0 Å². The van der Waals surface area contributed by atoms with E-state index >= 15 is 0 Å². The molecule has 1 aromatic rings. The minimum Gasteiger partial charge on any atom is -0.0795 e. The third-order valence-corrected chi connectivity index (χ3v) is 1.32. The number of benzene rings is 1. The van der Waals surface area contributed by atoms with Gasteiger partial charge in [-0.15, -0.1) is 0 Å². The molecule has 0 atom stereocenters. The number of hydrogen-bond donors (Lipinski definition) is 0. The van der Waals surface area contributed by atoms with E-state index in [0.717, 1.165) is 0 Å². The Morgan fingerprint density at radius 2 is 2.22 bits per heavy atom. The Morgan fingerprint density at radius 3 is 3.22 bits per heavy atom. The Kier molecular flexibility index (Phi) is 0.380. The largest absolute Gasteiger partial charge is 0.0795 e. The van der Waals surface area contributed by atoms with Crippen LogP contribution in [0, 0.1) is 0 Å². The minimum absolute atomic E-state index is 0.0144. The molecule has 0 heterocycles. The summed E-state index contributed by atoms with van der Waals surface area (Å²) in [5.41, 5.74) is 0.900. The van der Waals surface area contributed by atoms with Crippen LogP contribution in [0.4, 0.5) is 0 Å². The summed E-state index contributed by atoms with van der Waals surface area (Å²) in [6, 6.07) is -0.378. The molecule has 2 rings (SSSR count). The maximum Gasteiger partial charge on any atom is 0.0629 e. The molecule has 0 N–H and O–H groups in total. The summed E-state index contributed by atoms with van der Waals surface area (Å²) in [5, 5.41) is 0. The zero-order chi connectivity index (χ0) is 10.5. The molecule has 0 saturated carbocycles. The van der Waals surface area contributed by atoms with Gasteiger partial charge in [-0.05, 0) is 17.5 Å². The number of hydrogen-bond acceptors (Lipinski definition) is 0. The summed E-state index contributed by atoms with van der Waals surface area (Å²) in [5.74, 6) is 0. The van der Waals surface area contributed by atoms with E-state index < -0.39 is 0 Å². The molecular formula is C9H8. The van der Waals surface area contributed by atoms with Crippen molar-refractivity contribution in [3.05, 3.63) is 41.4 Å². The Labute approximate surface area is 61.9 Å². The van der Waals surface area contributed by atoms with Crippen LogP contribution in [0.5, 0.6) is 0 Å². The van der Waals surface area contributed by atoms with Gasteiger partial charge in [-0.25, -0.2) is 0 Å². The molecule has 1 aromatic carbocycles. The van der Waals surface area contributed by atoms with Crippen molar-refractivity contribution in [1.29, 1.82) is 0 Å². The van der Waals surface area contributed by atoms with Gasteiger partial charge >= 0.3 is 0 Å². The first kappa shape index (κ1) is 1.98. The molecule has 0 spiro atoms. The lowest BCUT2D eigenvalue weighted by Gasteiger charge is -1.93. The molecule has 0 radical (unpaired) electrons. The van der Waals surface area contributed by atoms with Crippen LogP contribution < -0.4 is 0 Å². The lowest BCUT2D eigenvalue weighted by Crippen LogP contribution is -1.76. The molecule has 0 heteroatoms. The molecule has 0 saturated heterocycles. The van der Waals surface area contributed by atoms with Gasteiger partial charge in [-0.2, -0.15) is 0 Å². The molecule has 9 heavy (non-hydrogen) atoms.